The van der Waals surface area contributed by atoms with Crippen molar-refractivity contribution < 1.29 is 0 Å². The van der Waals surface area contributed by atoms with Gasteiger partial charge in [0.2, 0.25) is 0 Å². The molecular formula is C22H14N2S. The van der Waals surface area contributed by atoms with Crippen molar-refractivity contribution >= 4 is 31.5 Å². The minimum absolute atomic E-state index is 0.776. The molecule has 3 heteroatoms. The predicted molar refractivity (Wildman–Crippen MR) is 106 cm³/mol. The number of aromatic nitrogens is 2. The van der Waals surface area contributed by atoms with E-state index in [4.69, 9.17) is 4.98 Å². The molecule has 3 aromatic carbocycles. The number of hydrogen-bond donors (Lipinski definition) is 0. The van der Waals surface area contributed by atoms with Crippen molar-refractivity contribution in [1.82, 2.24) is 9.97 Å². The van der Waals surface area contributed by atoms with Gasteiger partial charge in [0.1, 0.15) is 0 Å². The predicted octanol–water partition coefficient (Wildman–Crippen LogP) is 6.18. The largest absolute Gasteiger partial charge is 0.236 e. The Hall–Kier alpha value is -3.04. The van der Waals surface area contributed by atoms with E-state index in [1.54, 1.807) is 11.3 Å². The van der Waals surface area contributed by atoms with Gasteiger partial charge in [-0.3, -0.25) is 0 Å². The molecule has 0 radical (unpaired) electrons. The summed E-state index contributed by atoms with van der Waals surface area (Å²) in [5.74, 6) is 0.776. The van der Waals surface area contributed by atoms with Gasteiger partial charge in [-0.25, -0.2) is 9.97 Å². The fourth-order valence-corrected chi connectivity index (χ4v) is 4.39. The van der Waals surface area contributed by atoms with Gasteiger partial charge in [0.15, 0.2) is 5.82 Å². The van der Waals surface area contributed by atoms with E-state index < -0.39 is 0 Å². The van der Waals surface area contributed by atoms with Crippen LogP contribution in [0.5, 0.6) is 0 Å². The Morgan fingerprint density at radius 2 is 1.48 bits per heavy atom. The summed E-state index contributed by atoms with van der Waals surface area (Å²) in [4.78, 5) is 9.38. The van der Waals surface area contributed by atoms with Gasteiger partial charge in [-0.15, -0.1) is 11.3 Å². The van der Waals surface area contributed by atoms with E-state index in [0.29, 0.717) is 0 Å². The van der Waals surface area contributed by atoms with Crippen LogP contribution < -0.4 is 0 Å². The molecular weight excluding hydrogens is 324 g/mol. The summed E-state index contributed by atoms with van der Waals surface area (Å²) in [6.45, 7) is 0. The normalized spacial score (nSPS) is 11.2. The lowest BCUT2D eigenvalue weighted by Gasteiger charge is -2.05. The van der Waals surface area contributed by atoms with Crippen molar-refractivity contribution in [1.29, 1.82) is 0 Å². The number of fused-ring (bicyclic) bond motifs is 3. The fraction of sp³-hybridized carbons (Fsp3) is 0. The molecule has 0 amide bonds. The average molecular weight is 338 g/mol. The zero-order valence-electron chi connectivity index (χ0n) is 13.4. The summed E-state index contributed by atoms with van der Waals surface area (Å²) in [7, 11) is 0. The van der Waals surface area contributed by atoms with Gasteiger partial charge in [0.05, 0.1) is 5.69 Å². The van der Waals surface area contributed by atoms with Gasteiger partial charge in [-0.1, -0.05) is 60.7 Å². The van der Waals surface area contributed by atoms with Crippen LogP contribution >= 0.6 is 11.3 Å². The lowest BCUT2D eigenvalue weighted by atomic mass is 10.1. The molecule has 5 aromatic rings. The van der Waals surface area contributed by atoms with Crippen LogP contribution in [0.25, 0.3) is 42.8 Å². The molecule has 0 bridgehead atoms. The van der Waals surface area contributed by atoms with Crippen molar-refractivity contribution in [2.75, 3.05) is 0 Å². The minimum atomic E-state index is 0.776. The van der Waals surface area contributed by atoms with E-state index >= 15 is 0 Å². The van der Waals surface area contributed by atoms with Crippen LogP contribution in [0.15, 0.2) is 85.1 Å². The summed E-state index contributed by atoms with van der Waals surface area (Å²) >= 11 is 1.80. The maximum absolute atomic E-state index is 4.83. The molecule has 2 nitrogen and oxygen atoms in total. The number of thiophene rings is 1. The number of nitrogens with zero attached hydrogens (tertiary/aromatic N) is 2. The molecule has 0 saturated carbocycles. The van der Waals surface area contributed by atoms with Crippen molar-refractivity contribution in [3.8, 4) is 22.6 Å². The number of benzene rings is 3. The van der Waals surface area contributed by atoms with Crippen molar-refractivity contribution in [3.63, 3.8) is 0 Å². The van der Waals surface area contributed by atoms with Gasteiger partial charge in [0.25, 0.3) is 0 Å². The first-order chi connectivity index (χ1) is 12.4. The van der Waals surface area contributed by atoms with Crippen LogP contribution in [0, 0.1) is 0 Å². The molecule has 2 aromatic heterocycles. The third-order valence-corrected chi connectivity index (χ3v) is 5.59. The van der Waals surface area contributed by atoms with Gasteiger partial charge in [-0.05, 0) is 18.2 Å². The van der Waals surface area contributed by atoms with E-state index in [1.807, 2.05) is 30.5 Å². The first-order valence-electron chi connectivity index (χ1n) is 8.19. The highest BCUT2D eigenvalue weighted by molar-refractivity contribution is 7.26. The van der Waals surface area contributed by atoms with Crippen molar-refractivity contribution in [3.05, 3.63) is 85.1 Å². The Morgan fingerprint density at radius 3 is 2.40 bits per heavy atom. The maximum atomic E-state index is 4.83. The third-order valence-electron chi connectivity index (χ3n) is 4.37. The highest BCUT2D eigenvalue weighted by Gasteiger charge is 2.12. The Morgan fingerprint density at radius 1 is 0.680 bits per heavy atom. The number of rotatable bonds is 2. The quantitative estimate of drug-likeness (QED) is 0.384. The first kappa shape index (κ1) is 14.3. The molecule has 0 unspecified atom stereocenters. The zero-order chi connectivity index (χ0) is 16.6. The summed E-state index contributed by atoms with van der Waals surface area (Å²) in [5, 5.41) is 2.57. The smallest absolute Gasteiger partial charge is 0.161 e. The molecule has 0 aliphatic carbocycles. The van der Waals surface area contributed by atoms with Crippen molar-refractivity contribution in [2.24, 2.45) is 0 Å². The van der Waals surface area contributed by atoms with Crippen molar-refractivity contribution in [2.45, 2.75) is 0 Å². The second-order valence-corrected chi connectivity index (χ2v) is 6.96. The van der Waals surface area contributed by atoms with Crippen LogP contribution in [-0.2, 0) is 0 Å². The van der Waals surface area contributed by atoms with Gasteiger partial charge in [0, 0.05) is 37.5 Å². The van der Waals surface area contributed by atoms with E-state index in [9.17, 15) is 0 Å². The molecule has 0 atom stereocenters. The molecule has 0 spiro atoms. The summed E-state index contributed by atoms with van der Waals surface area (Å²) in [6.07, 6.45) is 1.84. The standard InChI is InChI=1S/C22H14N2S/c1-2-7-15(8-3-1)19-13-14-23-22(24-19)18-11-6-10-17-16-9-4-5-12-20(16)25-21(17)18/h1-14H. The molecule has 5 rings (SSSR count). The molecule has 118 valence electrons. The van der Waals surface area contributed by atoms with Crippen LogP contribution in [0.1, 0.15) is 0 Å². The van der Waals surface area contributed by atoms with Crippen LogP contribution in [0.3, 0.4) is 0 Å². The molecule has 0 N–H and O–H groups in total. The van der Waals surface area contributed by atoms with E-state index in [2.05, 4.69) is 59.6 Å². The zero-order valence-corrected chi connectivity index (χ0v) is 14.2. The van der Waals surface area contributed by atoms with E-state index in [1.165, 1.54) is 20.2 Å². The van der Waals surface area contributed by atoms with E-state index in [0.717, 1.165) is 22.6 Å². The minimum Gasteiger partial charge on any atom is -0.236 e. The lowest BCUT2D eigenvalue weighted by Crippen LogP contribution is -1.91. The highest BCUT2D eigenvalue weighted by atomic mass is 32.1. The Bertz CT molecular complexity index is 1190. The summed E-state index contributed by atoms with van der Waals surface area (Å²) < 4.78 is 2.54. The lowest BCUT2D eigenvalue weighted by molar-refractivity contribution is 1.18. The second-order valence-electron chi connectivity index (χ2n) is 5.91. The van der Waals surface area contributed by atoms with E-state index in [-0.39, 0.29) is 0 Å². The van der Waals surface area contributed by atoms with Crippen LogP contribution in [0.4, 0.5) is 0 Å². The fourth-order valence-electron chi connectivity index (χ4n) is 3.18. The molecule has 2 heterocycles. The monoisotopic (exact) mass is 338 g/mol. The molecule has 0 saturated heterocycles. The molecule has 0 fully saturated rings. The Kier molecular flexibility index (Phi) is 3.32. The van der Waals surface area contributed by atoms with Gasteiger partial charge >= 0.3 is 0 Å². The van der Waals surface area contributed by atoms with Crippen LogP contribution in [-0.4, -0.2) is 9.97 Å². The topological polar surface area (TPSA) is 25.8 Å². The second kappa shape index (κ2) is 5.80. The third kappa shape index (κ3) is 2.41. The number of hydrogen-bond acceptors (Lipinski definition) is 3. The summed E-state index contributed by atoms with van der Waals surface area (Å²) in [6, 6.07) is 27.1. The highest BCUT2D eigenvalue weighted by Crippen LogP contribution is 2.38. The molecule has 0 aliphatic heterocycles. The Labute approximate surface area is 149 Å². The van der Waals surface area contributed by atoms with Gasteiger partial charge < -0.3 is 0 Å². The molecule has 25 heavy (non-hydrogen) atoms. The SMILES string of the molecule is c1ccc(-c2ccnc(-c3cccc4c3sc3ccccc34)n2)cc1. The average Bonchev–Trinajstić information content (AvgIpc) is 3.07. The first-order valence-corrected chi connectivity index (χ1v) is 9.01. The summed E-state index contributed by atoms with van der Waals surface area (Å²) in [5.41, 5.74) is 3.15. The van der Waals surface area contributed by atoms with Crippen LogP contribution in [0.2, 0.25) is 0 Å². The maximum Gasteiger partial charge on any atom is 0.161 e. The Balaban J connectivity index is 1.74. The van der Waals surface area contributed by atoms with Gasteiger partial charge in [-0.2, -0.15) is 0 Å². The molecule has 0 aliphatic rings.